The van der Waals surface area contributed by atoms with Crippen molar-refractivity contribution in [2.45, 2.75) is 19.8 Å². The molecule has 0 saturated heterocycles. The second-order valence-corrected chi connectivity index (χ2v) is 5.43. The van der Waals surface area contributed by atoms with Gasteiger partial charge in [-0.3, -0.25) is 0 Å². The van der Waals surface area contributed by atoms with Gasteiger partial charge in [0.2, 0.25) is 5.88 Å². The average Bonchev–Trinajstić information content (AvgIpc) is 3.28. The maximum absolute atomic E-state index is 13.3. The fraction of sp³-hybridized carbons (Fsp3) is 0.312. The van der Waals surface area contributed by atoms with Gasteiger partial charge in [-0.25, -0.2) is 4.39 Å². The van der Waals surface area contributed by atoms with Crippen molar-refractivity contribution in [1.29, 1.82) is 0 Å². The van der Waals surface area contributed by atoms with Gasteiger partial charge in [0.1, 0.15) is 11.6 Å². The highest BCUT2D eigenvalue weighted by Gasteiger charge is 2.22. The number of ether oxygens (including phenoxy) is 1. The van der Waals surface area contributed by atoms with Crippen molar-refractivity contribution < 1.29 is 9.13 Å². The molecule has 5 heteroatoms. The van der Waals surface area contributed by atoms with Crippen LogP contribution in [-0.2, 0) is 0 Å². The number of hydrogen-bond acceptors (Lipinski definition) is 4. The van der Waals surface area contributed by atoms with Crippen LogP contribution in [0.4, 0.5) is 21.6 Å². The van der Waals surface area contributed by atoms with E-state index in [1.807, 2.05) is 0 Å². The van der Waals surface area contributed by atoms with E-state index in [1.165, 1.54) is 18.9 Å². The maximum atomic E-state index is 13.3. The SMILES string of the molecule is Cc1cc(Nc2ccc(N)c(OCC3CC3)n2)ccc1F. The number of aryl methyl sites for hydroxylation is 1. The zero-order valence-corrected chi connectivity index (χ0v) is 11.9. The third-order valence-electron chi connectivity index (χ3n) is 3.47. The number of rotatable bonds is 5. The maximum Gasteiger partial charge on any atom is 0.239 e. The lowest BCUT2D eigenvalue weighted by atomic mass is 10.2. The standard InChI is InChI=1S/C16H18FN3O/c1-10-8-12(4-5-13(10)17)19-15-7-6-14(18)16(20-15)21-9-11-2-3-11/h4-8,11H,2-3,9,18H2,1H3,(H,19,20). The molecule has 0 amide bonds. The predicted octanol–water partition coefficient (Wildman–Crippen LogP) is 3.64. The molecule has 1 aliphatic carbocycles. The molecule has 3 N–H and O–H groups in total. The van der Waals surface area contributed by atoms with E-state index >= 15 is 0 Å². The second-order valence-electron chi connectivity index (χ2n) is 5.43. The van der Waals surface area contributed by atoms with Gasteiger partial charge in [0.15, 0.2) is 0 Å². The van der Waals surface area contributed by atoms with Crippen LogP contribution in [0.25, 0.3) is 0 Å². The Morgan fingerprint density at radius 3 is 2.86 bits per heavy atom. The van der Waals surface area contributed by atoms with E-state index in [0.717, 1.165) is 5.69 Å². The number of hydrogen-bond donors (Lipinski definition) is 2. The summed E-state index contributed by atoms with van der Waals surface area (Å²) in [6, 6.07) is 8.37. The molecule has 1 aliphatic rings. The minimum absolute atomic E-state index is 0.223. The molecule has 1 aromatic carbocycles. The van der Waals surface area contributed by atoms with Crippen molar-refractivity contribution >= 4 is 17.2 Å². The Hall–Kier alpha value is -2.30. The van der Waals surface area contributed by atoms with Gasteiger partial charge in [-0.2, -0.15) is 4.98 Å². The monoisotopic (exact) mass is 287 g/mol. The molecule has 1 fully saturated rings. The summed E-state index contributed by atoms with van der Waals surface area (Å²) in [6.45, 7) is 2.39. The summed E-state index contributed by atoms with van der Waals surface area (Å²) in [6.07, 6.45) is 2.43. The van der Waals surface area contributed by atoms with Gasteiger partial charge >= 0.3 is 0 Å². The number of pyridine rings is 1. The third kappa shape index (κ3) is 3.42. The molecule has 2 aromatic rings. The zero-order chi connectivity index (χ0) is 14.8. The van der Waals surface area contributed by atoms with Crippen LogP contribution in [0.3, 0.4) is 0 Å². The minimum atomic E-state index is -0.223. The Labute approximate surface area is 123 Å². The first kappa shape index (κ1) is 13.7. The van der Waals surface area contributed by atoms with Gasteiger partial charge in [0.25, 0.3) is 0 Å². The lowest BCUT2D eigenvalue weighted by Gasteiger charge is -2.11. The first-order valence-corrected chi connectivity index (χ1v) is 7.04. The van der Waals surface area contributed by atoms with E-state index in [2.05, 4.69) is 10.3 Å². The summed E-state index contributed by atoms with van der Waals surface area (Å²) >= 11 is 0. The summed E-state index contributed by atoms with van der Waals surface area (Å²) in [5.41, 5.74) is 7.75. The van der Waals surface area contributed by atoms with Gasteiger partial charge < -0.3 is 15.8 Å². The molecule has 0 atom stereocenters. The number of nitrogens with one attached hydrogen (secondary N) is 1. The molecule has 1 aromatic heterocycles. The number of halogens is 1. The molecule has 0 bridgehead atoms. The number of aromatic nitrogens is 1. The fourth-order valence-corrected chi connectivity index (χ4v) is 1.99. The number of anilines is 3. The van der Waals surface area contributed by atoms with Crippen molar-refractivity contribution in [3.63, 3.8) is 0 Å². The van der Waals surface area contributed by atoms with Crippen molar-refractivity contribution in [2.75, 3.05) is 17.7 Å². The van der Waals surface area contributed by atoms with E-state index in [-0.39, 0.29) is 5.82 Å². The topological polar surface area (TPSA) is 60.2 Å². The Bertz CT molecular complexity index is 656. The van der Waals surface area contributed by atoms with Gasteiger partial charge in [-0.1, -0.05) is 0 Å². The summed E-state index contributed by atoms with van der Waals surface area (Å²) < 4.78 is 18.9. The molecular weight excluding hydrogens is 269 g/mol. The Morgan fingerprint density at radius 1 is 1.33 bits per heavy atom. The molecule has 0 radical (unpaired) electrons. The molecule has 0 spiro atoms. The van der Waals surface area contributed by atoms with Gasteiger partial charge in [0.05, 0.1) is 12.3 Å². The molecule has 4 nitrogen and oxygen atoms in total. The second kappa shape index (κ2) is 5.60. The normalized spacial score (nSPS) is 14.0. The largest absolute Gasteiger partial charge is 0.476 e. The molecule has 0 unspecified atom stereocenters. The predicted molar refractivity (Wildman–Crippen MR) is 81.3 cm³/mol. The first-order valence-electron chi connectivity index (χ1n) is 7.04. The third-order valence-corrected chi connectivity index (χ3v) is 3.47. The van der Waals surface area contributed by atoms with E-state index in [4.69, 9.17) is 10.5 Å². The molecule has 1 saturated carbocycles. The lowest BCUT2D eigenvalue weighted by molar-refractivity contribution is 0.290. The number of nitrogens with two attached hydrogens (primary N) is 1. The smallest absolute Gasteiger partial charge is 0.239 e. The molecule has 1 heterocycles. The molecule has 3 rings (SSSR count). The molecular formula is C16H18FN3O. The van der Waals surface area contributed by atoms with Crippen LogP contribution in [-0.4, -0.2) is 11.6 Å². The number of benzene rings is 1. The fourth-order valence-electron chi connectivity index (χ4n) is 1.99. The van der Waals surface area contributed by atoms with Crippen LogP contribution in [0.1, 0.15) is 18.4 Å². The first-order chi connectivity index (χ1) is 10.1. The average molecular weight is 287 g/mol. The minimum Gasteiger partial charge on any atom is -0.476 e. The Balaban J connectivity index is 1.74. The molecule has 0 aliphatic heterocycles. The number of nitrogen functional groups attached to an aromatic ring is 1. The van der Waals surface area contributed by atoms with Crippen molar-refractivity contribution in [2.24, 2.45) is 5.92 Å². The van der Waals surface area contributed by atoms with Crippen molar-refractivity contribution in [3.05, 3.63) is 41.7 Å². The van der Waals surface area contributed by atoms with Crippen molar-refractivity contribution in [3.8, 4) is 5.88 Å². The van der Waals surface area contributed by atoms with Crippen molar-refractivity contribution in [1.82, 2.24) is 4.98 Å². The van der Waals surface area contributed by atoms with E-state index in [0.29, 0.717) is 35.5 Å². The molecule has 21 heavy (non-hydrogen) atoms. The Kier molecular flexibility index (Phi) is 3.64. The van der Waals surface area contributed by atoms with Crippen LogP contribution in [0.2, 0.25) is 0 Å². The van der Waals surface area contributed by atoms with Crippen LogP contribution in [0.15, 0.2) is 30.3 Å². The number of nitrogens with zero attached hydrogens (tertiary/aromatic N) is 1. The van der Waals surface area contributed by atoms with Crippen LogP contribution < -0.4 is 15.8 Å². The molecule has 110 valence electrons. The van der Waals surface area contributed by atoms with Crippen LogP contribution >= 0.6 is 0 Å². The van der Waals surface area contributed by atoms with E-state index < -0.39 is 0 Å². The highest BCUT2D eigenvalue weighted by Crippen LogP contribution is 2.31. The van der Waals surface area contributed by atoms with Gasteiger partial charge in [-0.15, -0.1) is 0 Å². The zero-order valence-electron chi connectivity index (χ0n) is 11.9. The summed E-state index contributed by atoms with van der Waals surface area (Å²) in [4.78, 5) is 4.37. The highest BCUT2D eigenvalue weighted by molar-refractivity contribution is 5.61. The quantitative estimate of drug-likeness (QED) is 0.881. The van der Waals surface area contributed by atoms with Gasteiger partial charge in [0, 0.05) is 5.69 Å². The van der Waals surface area contributed by atoms with E-state index in [1.54, 1.807) is 31.2 Å². The van der Waals surface area contributed by atoms with E-state index in [9.17, 15) is 4.39 Å². The van der Waals surface area contributed by atoms with Gasteiger partial charge in [-0.05, 0) is 61.6 Å². The van der Waals surface area contributed by atoms with Crippen LogP contribution in [0.5, 0.6) is 5.88 Å². The Morgan fingerprint density at radius 2 is 2.14 bits per heavy atom. The summed E-state index contributed by atoms with van der Waals surface area (Å²) in [5, 5.41) is 3.13. The summed E-state index contributed by atoms with van der Waals surface area (Å²) in [5.74, 6) is 1.49. The van der Waals surface area contributed by atoms with Crippen LogP contribution in [0, 0.1) is 18.7 Å². The lowest BCUT2D eigenvalue weighted by Crippen LogP contribution is -2.05. The summed E-state index contributed by atoms with van der Waals surface area (Å²) in [7, 11) is 0. The highest BCUT2D eigenvalue weighted by atomic mass is 19.1.